The highest BCUT2D eigenvalue weighted by Crippen LogP contribution is 2.00. The Hall–Kier alpha value is -1.53. The third-order valence-corrected chi connectivity index (χ3v) is 2.26. The molecule has 2 nitrogen and oxygen atoms in total. The summed E-state index contributed by atoms with van der Waals surface area (Å²) in [5.41, 5.74) is 0.724. The Balaban J connectivity index is 2.31. The van der Waals surface area contributed by atoms with Crippen molar-refractivity contribution in [1.29, 1.82) is 0 Å². The second-order valence-corrected chi connectivity index (χ2v) is 3.76. The van der Waals surface area contributed by atoms with E-state index in [1.165, 1.54) is 12.1 Å². The summed E-state index contributed by atoms with van der Waals surface area (Å²) < 4.78 is 12.6. The van der Waals surface area contributed by atoms with E-state index < -0.39 is 0 Å². The molecule has 0 aliphatic carbocycles. The molecule has 0 atom stereocenters. The molecule has 0 aliphatic rings. The molecule has 0 spiro atoms. The number of benzene rings is 1. The second kappa shape index (κ2) is 7.70. The summed E-state index contributed by atoms with van der Waals surface area (Å²) in [5, 5.41) is 2.65. The smallest absolute Gasteiger partial charge is 0.220 e. The van der Waals surface area contributed by atoms with Gasteiger partial charge in [0.15, 0.2) is 0 Å². The van der Waals surface area contributed by atoms with Gasteiger partial charge in [-0.25, -0.2) is 4.39 Å². The molecule has 17 heavy (non-hydrogen) atoms. The van der Waals surface area contributed by atoms with Gasteiger partial charge in [-0.1, -0.05) is 11.8 Å². The first-order valence-electron chi connectivity index (χ1n) is 5.29. The van der Waals surface area contributed by atoms with Gasteiger partial charge in [0, 0.05) is 17.9 Å². The molecule has 1 aromatic carbocycles. The third kappa shape index (κ3) is 5.94. The summed E-state index contributed by atoms with van der Waals surface area (Å²) >= 11 is 5.46. The fourth-order valence-corrected chi connectivity index (χ4v) is 1.27. The van der Waals surface area contributed by atoms with E-state index in [1.807, 2.05) is 0 Å². The molecule has 0 saturated heterocycles. The number of amides is 1. The Morgan fingerprint density at radius 3 is 2.71 bits per heavy atom. The van der Waals surface area contributed by atoms with Crippen LogP contribution in [0.2, 0.25) is 0 Å². The van der Waals surface area contributed by atoms with Crippen molar-refractivity contribution in [2.75, 3.05) is 12.4 Å². The topological polar surface area (TPSA) is 29.1 Å². The van der Waals surface area contributed by atoms with E-state index in [1.54, 1.807) is 12.1 Å². The molecule has 1 rings (SSSR count). The number of carbonyl (C=O) groups is 1. The molecule has 0 unspecified atom stereocenters. The number of rotatable bonds is 4. The summed E-state index contributed by atoms with van der Waals surface area (Å²) in [5.74, 6) is 5.75. The second-order valence-electron chi connectivity index (χ2n) is 3.38. The summed E-state index contributed by atoms with van der Waals surface area (Å²) in [4.78, 5) is 11.2. The van der Waals surface area contributed by atoms with Crippen LogP contribution in [0.15, 0.2) is 24.3 Å². The molecule has 0 aromatic heterocycles. The molecule has 0 aliphatic heterocycles. The summed E-state index contributed by atoms with van der Waals surface area (Å²) in [6, 6.07) is 5.89. The maximum atomic E-state index is 12.6. The molecule has 0 saturated carbocycles. The normalized spacial score (nSPS) is 9.29. The average Bonchev–Trinajstić information content (AvgIpc) is 2.34. The quantitative estimate of drug-likeness (QED) is 0.648. The molecule has 1 amide bonds. The van der Waals surface area contributed by atoms with Crippen LogP contribution in [0.5, 0.6) is 0 Å². The van der Waals surface area contributed by atoms with Crippen molar-refractivity contribution in [3.8, 4) is 11.8 Å². The summed E-state index contributed by atoms with van der Waals surface area (Å²) in [6.45, 7) is 0.290. The Morgan fingerprint density at radius 2 is 2.06 bits per heavy atom. The van der Waals surface area contributed by atoms with Gasteiger partial charge in [-0.2, -0.15) is 0 Å². The minimum absolute atomic E-state index is 0.0564. The molecule has 0 fully saturated rings. The van der Waals surface area contributed by atoms with Gasteiger partial charge in [-0.15, -0.1) is 11.6 Å². The van der Waals surface area contributed by atoms with Crippen molar-refractivity contribution < 1.29 is 9.18 Å². The molecule has 1 N–H and O–H groups in total. The monoisotopic (exact) mass is 253 g/mol. The Kier molecular flexibility index (Phi) is 6.13. The highest BCUT2D eigenvalue weighted by Gasteiger charge is 1.97. The lowest BCUT2D eigenvalue weighted by molar-refractivity contribution is -0.120. The highest BCUT2D eigenvalue weighted by atomic mass is 35.5. The standard InChI is InChI=1S/C13H13ClFNO/c14-9-1-4-13(17)16-10-2-3-11-5-7-12(15)8-6-11/h5-8H,1,4,9-10H2,(H,16,17). The first kappa shape index (κ1) is 13.5. The zero-order valence-corrected chi connectivity index (χ0v) is 10.1. The van der Waals surface area contributed by atoms with Crippen LogP contribution in [0.25, 0.3) is 0 Å². The largest absolute Gasteiger partial charge is 0.345 e. The minimum atomic E-state index is -0.287. The van der Waals surface area contributed by atoms with Gasteiger partial charge in [-0.05, 0) is 30.7 Å². The summed E-state index contributed by atoms with van der Waals surface area (Å²) in [6.07, 6.45) is 1.08. The van der Waals surface area contributed by atoms with Crippen molar-refractivity contribution in [1.82, 2.24) is 5.32 Å². The van der Waals surface area contributed by atoms with Gasteiger partial charge < -0.3 is 5.32 Å². The first-order valence-corrected chi connectivity index (χ1v) is 5.83. The van der Waals surface area contributed by atoms with Crippen molar-refractivity contribution >= 4 is 17.5 Å². The van der Waals surface area contributed by atoms with Crippen LogP contribution in [0.4, 0.5) is 4.39 Å². The number of alkyl halides is 1. The molecule has 90 valence electrons. The van der Waals surface area contributed by atoms with E-state index >= 15 is 0 Å². The lowest BCUT2D eigenvalue weighted by atomic mass is 10.2. The zero-order valence-electron chi connectivity index (χ0n) is 9.30. The highest BCUT2D eigenvalue weighted by molar-refractivity contribution is 6.17. The van der Waals surface area contributed by atoms with Gasteiger partial charge in [0.1, 0.15) is 5.82 Å². The van der Waals surface area contributed by atoms with Crippen molar-refractivity contribution in [3.63, 3.8) is 0 Å². The van der Waals surface area contributed by atoms with Gasteiger partial charge in [0.25, 0.3) is 0 Å². The Labute approximate surface area is 105 Å². The van der Waals surface area contributed by atoms with Crippen molar-refractivity contribution in [3.05, 3.63) is 35.6 Å². The lowest BCUT2D eigenvalue weighted by Crippen LogP contribution is -2.23. The number of carbonyl (C=O) groups excluding carboxylic acids is 1. The van der Waals surface area contributed by atoms with E-state index in [4.69, 9.17) is 11.6 Å². The van der Waals surface area contributed by atoms with E-state index in [2.05, 4.69) is 17.2 Å². The maximum Gasteiger partial charge on any atom is 0.220 e. The van der Waals surface area contributed by atoms with Crippen LogP contribution in [-0.2, 0) is 4.79 Å². The van der Waals surface area contributed by atoms with Crippen LogP contribution in [0, 0.1) is 17.7 Å². The van der Waals surface area contributed by atoms with Crippen LogP contribution < -0.4 is 5.32 Å². The van der Waals surface area contributed by atoms with E-state index in [0.717, 1.165) is 5.56 Å². The third-order valence-electron chi connectivity index (χ3n) is 1.99. The number of hydrogen-bond donors (Lipinski definition) is 1. The van der Waals surface area contributed by atoms with Crippen molar-refractivity contribution in [2.24, 2.45) is 0 Å². The molecule has 0 bridgehead atoms. The fourth-order valence-electron chi connectivity index (χ4n) is 1.14. The van der Waals surface area contributed by atoms with E-state index in [-0.39, 0.29) is 11.7 Å². The first-order chi connectivity index (χ1) is 8.22. The predicted molar refractivity (Wildman–Crippen MR) is 66.2 cm³/mol. The maximum absolute atomic E-state index is 12.6. The zero-order chi connectivity index (χ0) is 12.5. The van der Waals surface area contributed by atoms with Gasteiger partial charge in [0.05, 0.1) is 6.54 Å². The van der Waals surface area contributed by atoms with Gasteiger partial charge in [-0.3, -0.25) is 4.79 Å². The molecule has 1 aromatic rings. The van der Waals surface area contributed by atoms with E-state index in [0.29, 0.717) is 25.3 Å². The average molecular weight is 254 g/mol. The predicted octanol–water partition coefficient (Wildman–Crippen LogP) is 2.31. The van der Waals surface area contributed by atoms with Gasteiger partial charge in [0.2, 0.25) is 5.91 Å². The van der Waals surface area contributed by atoms with Crippen LogP contribution in [0.3, 0.4) is 0 Å². The molecular formula is C13H13ClFNO. The Bertz CT molecular complexity index is 419. The Morgan fingerprint density at radius 1 is 1.35 bits per heavy atom. The van der Waals surface area contributed by atoms with Crippen LogP contribution >= 0.6 is 11.6 Å². The minimum Gasteiger partial charge on any atom is -0.345 e. The summed E-state index contributed by atoms with van der Waals surface area (Å²) in [7, 11) is 0. The molecular weight excluding hydrogens is 241 g/mol. The fraction of sp³-hybridized carbons (Fsp3) is 0.308. The molecule has 0 radical (unpaired) electrons. The SMILES string of the molecule is O=C(CCCCl)NCC#Cc1ccc(F)cc1. The van der Waals surface area contributed by atoms with Crippen molar-refractivity contribution in [2.45, 2.75) is 12.8 Å². The number of nitrogens with one attached hydrogen (secondary N) is 1. The number of halogens is 2. The van der Waals surface area contributed by atoms with Gasteiger partial charge >= 0.3 is 0 Å². The lowest BCUT2D eigenvalue weighted by Gasteiger charge is -1.98. The van der Waals surface area contributed by atoms with Crippen LogP contribution in [0.1, 0.15) is 18.4 Å². The van der Waals surface area contributed by atoms with Crippen LogP contribution in [-0.4, -0.2) is 18.3 Å². The molecule has 0 heterocycles. The van der Waals surface area contributed by atoms with E-state index in [9.17, 15) is 9.18 Å². The molecule has 4 heteroatoms. The number of hydrogen-bond acceptors (Lipinski definition) is 1.